The van der Waals surface area contributed by atoms with Crippen molar-refractivity contribution >= 4 is 43.8 Å². The molecule has 5 rings (SSSR count). The van der Waals surface area contributed by atoms with Crippen LogP contribution in [-0.2, 0) is 12.8 Å². The fourth-order valence-corrected chi connectivity index (χ4v) is 5.79. The molecule has 0 bridgehead atoms. The zero-order valence-electron chi connectivity index (χ0n) is 17.7. The Hall–Kier alpha value is -2.51. The fourth-order valence-electron chi connectivity index (χ4n) is 4.42. The SMILES string of the molecule is C[C@@H]1CCc2c(sc3nc4c5ccccc5c(NCCCN(C)C)nn4c(=O)c23)C1. The molecule has 0 saturated heterocycles. The highest BCUT2D eigenvalue weighted by molar-refractivity contribution is 7.18. The van der Waals surface area contributed by atoms with Crippen LogP contribution in [0.3, 0.4) is 0 Å². The largest absolute Gasteiger partial charge is 0.368 e. The first-order chi connectivity index (χ1) is 14.5. The second-order valence-corrected chi connectivity index (χ2v) is 9.75. The van der Waals surface area contributed by atoms with Crippen molar-refractivity contribution in [1.82, 2.24) is 19.5 Å². The third-order valence-electron chi connectivity index (χ3n) is 6.01. The van der Waals surface area contributed by atoms with Gasteiger partial charge < -0.3 is 10.2 Å². The molecule has 0 unspecified atom stereocenters. The second kappa shape index (κ2) is 7.63. The maximum Gasteiger partial charge on any atom is 0.283 e. The maximum absolute atomic E-state index is 13.6. The van der Waals surface area contributed by atoms with Gasteiger partial charge in [-0.25, -0.2) is 4.98 Å². The molecular weight excluding hydrogens is 394 g/mol. The summed E-state index contributed by atoms with van der Waals surface area (Å²) in [6.45, 7) is 4.09. The molecule has 3 heterocycles. The third-order valence-corrected chi connectivity index (χ3v) is 7.15. The Bertz CT molecular complexity index is 1310. The number of hydrogen-bond acceptors (Lipinski definition) is 6. The van der Waals surface area contributed by atoms with E-state index in [1.54, 1.807) is 11.3 Å². The van der Waals surface area contributed by atoms with Crippen LogP contribution >= 0.6 is 11.3 Å². The van der Waals surface area contributed by atoms with E-state index in [0.717, 1.165) is 65.6 Å². The number of nitrogens with one attached hydrogen (secondary N) is 1. The molecule has 7 heteroatoms. The van der Waals surface area contributed by atoms with E-state index in [-0.39, 0.29) is 5.56 Å². The molecule has 1 atom stereocenters. The van der Waals surface area contributed by atoms with Crippen molar-refractivity contribution in [2.75, 3.05) is 32.5 Å². The van der Waals surface area contributed by atoms with Crippen LogP contribution in [0.5, 0.6) is 0 Å². The van der Waals surface area contributed by atoms with Crippen molar-refractivity contribution in [3.8, 4) is 0 Å². The van der Waals surface area contributed by atoms with E-state index in [2.05, 4.69) is 31.2 Å². The highest BCUT2D eigenvalue weighted by Crippen LogP contribution is 2.36. The maximum atomic E-state index is 13.6. The lowest BCUT2D eigenvalue weighted by Crippen LogP contribution is -2.21. The van der Waals surface area contributed by atoms with Crippen molar-refractivity contribution < 1.29 is 0 Å². The van der Waals surface area contributed by atoms with E-state index >= 15 is 0 Å². The first-order valence-corrected chi connectivity index (χ1v) is 11.5. The predicted octanol–water partition coefficient (Wildman–Crippen LogP) is 3.95. The fraction of sp³-hybridized carbons (Fsp3) is 0.435. The summed E-state index contributed by atoms with van der Waals surface area (Å²) in [4.78, 5) is 22.8. The van der Waals surface area contributed by atoms with Gasteiger partial charge in [0.05, 0.1) is 5.39 Å². The van der Waals surface area contributed by atoms with Crippen molar-refractivity contribution in [2.24, 2.45) is 5.92 Å². The monoisotopic (exact) mass is 421 g/mol. The number of anilines is 1. The number of benzene rings is 1. The Balaban J connectivity index is 1.69. The summed E-state index contributed by atoms with van der Waals surface area (Å²) in [6, 6.07) is 8.09. The van der Waals surface area contributed by atoms with Gasteiger partial charge in [-0.05, 0) is 57.8 Å². The van der Waals surface area contributed by atoms with E-state index < -0.39 is 0 Å². The zero-order valence-corrected chi connectivity index (χ0v) is 18.6. The molecule has 3 aromatic heterocycles. The molecule has 156 valence electrons. The van der Waals surface area contributed by atoms with Crippen molar-refractivity contribution in [3.63, 3.8) is 0 Å². The zero-order chi connectivity index (χ0) is 20.8. The molecule has 1 aliphatic carbocycles. The quantitative estimate of drug-likeness (QED) is 0.391. The number of nitrogens with zero attached hydrogens (tertiary/aromatic N) is 4. The molecule has 4 aromatic rings. The van der Waals surface area contributed by atoms with Crippen LogP contribution in [0, 0.1) is 5.92 Å². The number of rotatable bonds is 5. The van der Waals surface area contributed by atoms with E-state index in [1.165, 1.54) is 15.0 Å². The molecule has 0 spiro atoms. The summed E-state index contributed by atoms with van der Waals surface area (Å²) in [5.74, 6) is 1.41. The third kappa shape index (κ3) is 3.26. The standard InChI is InChI=1S/C23H27N5OS/c1-14-9-10-17-18(13-14)30-22-19(17)23(29)28-21(25-22)16-8-5-4-7-15(16)20(26-28)24-11-6-12-27(2)3/h4-5,7-8,14H,6,9-13H2,1-3H3,(H,24,26)/t14-/m1/s1. The first-order valence-electron chi connectivity index (χ1n) is 10.7. The summed E-state index contributed by atoms with van der Waals surface area (Å²) in [7, 11) is 4.14. The lowest BCUT2D eigenvalue weighted by molar-refractivity contribution is 0.405. The molecule has 0 fully saturated rings. The minimum Gasteiger partial charge on any atom is -0.368 e. The molecule has 1 aliphatic rings. The van der Waals surface area contributed by atoms with Crippen LogP contribution in [0.1, 0.15) is 30.2 Å². The number of fused-ring (bicyclic) bond motifs is 6. The van der Waals surface area contributed by atoms with Crippen LogP contribution < -0.4 is 10.9 Å². The van der Waals surface area contributed by atoms with Crippen molar-refractivity contribution in [3.05, 3.63) is 45.1 Å². The Morgan fingerprint density at radius 2 is 2.07 bits per heavy atom. The molecule has 0 aliphatic heterocycles. The average molecular weight is 422 g/mol. The topological polar surface area (TPSA) is 62.5 Å². The first kappa shape index (κ1) is 19.5. The van der Waals surface area contributed by atoms with E-state index in [1.807, 2.05) is 24.3 Å². The lowest BCUT2D eigenvalue weighted by atomic mass is 9.89. The molecule has 1 N–H and O–H groups in total. The van der Waals surface area contributed by atoms with Crippen LogP contribution in [0.15, 0.2) is 29.1 Å². The molecule has 0 amide bonds. The Kier molecular flexibility index (Phi) is 4.95. The highest BCUT2D eigenvalue weighted by Gasteiger charge is 2.24. The van der Waals surface area contributed by atoms with Gasteiger partial charge in [0, 0.05) is 22.2 Å². The molecule has 0 radical (unpaired) electrons. The van der Waals surface area contributed by atoms with Gasteiger partial charge in [-0.2, -0.15) is 4.52 Å². The average Bonchev–Trinajstić information content (AvgIpc) is 3.09. The number of thiophene rings is 1. The van der Waals surface area contributed by atoms with Crippen molar-refractivity contribution in [2.45, 2.75) is 32.6 Å². The van der Waals surface area contributed by atoms with E-state index in [9.17, 15) is 4.79 Å². The van der Waals surface area contributed by atoms with Gasteiger partial charge >= 0.3 is 0 Å². The van der Waals surface area contributed by atoms with Gasteiger partial charge in [0.1, 0.15) is 4.83 Å². The Morgan fingerprint density at radius 3 is 2.87 bits per heavy atom. The summed E-state index contributed by atoms with van der Waals surface area (Å²) in [5.41, 5.74) is 1.81. The summed E-state index contributed by atoms with van der Waals surface area (Å²) < 4.78 is 1.52. The molecule has 6 nitrogen and oxygen atoms in total. The van der Waals surface area contributed by atoms with Gasteiger partial charge in [-0.15, -0.1) is 16.4 Å². The summed E-state index contributed by atoms with van der Waals surface area (Å²) in [6.07, 6.45) is 4.14. The normalized spacial score (nSPS) is 16.6. The van der Waals surface area contributed by atoms with Gasteiger partial charge in [0.25, 0.3) is 5.56 Å². The molecule has 30 heavy (non-hydrogen) atoms. The number of hydrogen-bond donors (Lipinski definition) is 1. The van der Waals surface area contributed by atoms with Crippen molar-refractivity contribution in [1.29, 1.82) is 0 Å². The number of aromatic nitrogens is 3. The minimum atomic E-state index is -0.0378. The molecule has 0 saturated carbocycles. The van der Waals surface area contributed by atoms with Gasteiger partial charge in [0.2, 0.25) is 0 Å². The van der Waals surface area contributed by atoms with Gasteiger partial charge in [0.15, 0.2) is 11.5 Å². The van der Waals surface area contributed by atoms with E-state index in [0.29, 0.717) is 11.6 Å². The Morgan fingerprint density at radius 1 is 1.27 bits per heavy atom. The van der Waals surface area contributed by atoms with Gasteiger partial charge in [-0.3, -0.25) is 4.79 Å². The smallest absolute Gasteiger partial charge is 0.283 e. The number of aryl methyl sites for hydroxylation is 1. The van der Waals surface area contributed by atoms with Crippen LogP contribution in [0.25, 0.3) is 26.6 Å². The summed E-state index contributed by atoms with van der Waals surface area (Å²) in [5, 5.41) is 10.9. The van der Waals surface area contributed by atoms with Gasteiger partial charge in [-0.1, -0.05) is 31.2 Å². The summed E-state index contributed by atoms with van der Waals surface area (Å²) >= 11 is 1.69. The lowest BCUT2D eigenvalue weighted by Gasteiger charge is -2.17. The Labute approximate surface area is 179 Å². The van der Waals surface area contributed by atoms with E-state index in [4.69, 9.17) is 10.1 Å². The van der Waals surface area contributed by atoms with Crippen LogP contribution in [0.4, 0.5) is 5.82 Å². The molecular formula is C23H27N5OS. The predicted molar refractivity (Wildman–Crippen MR) is 125 cm³/mol. The van der Waals surface area contributed by atoms with Crippen LogP contribution in [0.2, 0.25) is 0 Å². The second-order valence-electron chi connectivity index (χ2n) is 8.66. The van der Waals surface area contributed by atoms with Crippen LogP contribution in [-0.4, -0.2) is 46.7 Å². The highest BCUT2D eigenvalue weighted by atomic mass is 32.1. The minimum absolute atomic E-state index is 0.0378. The molecule has 1 aromatic carbocycles.